The number of hydrogen-bond donors (Lipinski definition) is 0. The van der Waals surface area contributed by atoms with Crippen LogP contribution in [0.4, 0.5) is 8.78 Å². The first-order chi connectivity index (χ1) is 29.8. The maximum atomic E-state index is 14.9. The lowest BCUT2D eigenvalue weighted by Gasteiger charge is -2.57. The molecule has 306 valence electrons. The molecule has 0 N–H and O–H groups in total. The van der Waals surface area contributed by atoms with Crippen molar-refractivity contribution in [1.82, 2.24) is 0 Å². The molecule has 0 atom stereocenters. The number of rotatable bonds is 8. The van der Waals surface area contributed by atoms with Crippen LogP contribution in [0.3, 0.4) is 0 Å². The first-order valence-corrected chi connectivity index (χ1v) is 23.2. The Labute approximate surface area is 358 Å². The van der Waals surface area contributed by atoms with Gasteiger partial charge in [0.15, 0.2) is 0 Å². The van der Waals surface area contributed by atoms with E-state index in [1.165, 1.54) is 135 Å². The Hall–Kier alpha value is -5.22. The number of ether oxygens (including phenoxy) is 2. The summed E-state index contributed by atoms with van der Waals surface area (Å²) < 4.78 is 43.5. The molecule has 0 aromatic heterocycles. The number of halogens is 2. The van der Waals surface area contributed by atoms with Gasteiger partial charge in [-0.3, -0.25) is 0 Å². The second kappa shape index (κ2) is 13.4. The molecule has 4 heteroatoms. The van der Waals surface area contributed by atoms with Crippen LogP contribution in [-0.4, -0.2) is 0 Å². The second-order valence-corrected chi connectivity index (χ2v) is 20.8. The zero-order chi connectivity index (χ0) is 40.5. The quantitative estimate of drug-likeness (QED) is 0.152. The van der Waals surface area contributed by atoms with Crippen molar-refractivity contribution in [1.29, 1.82) is 0 Å². The van der Waals surface area contributed by atoms with Crippen molar-refractivity contribution in [2.75, 3.05) is 0 Å². The van der Waals surface area contributed by atoms with Gasteiger partial charge in [-0.25, -0.2) is 8.78 Å². The molecule has 6 aromatic carbocycles. The average molecular weight is 807 g/mol. The van der Waals surface area contributed by atoms with Gasteiger partial charge in [-0.1, -0.05) is 84.9 Å². The molecule has 9 aliphatic rings. The predicted molar refractivity (Wildman–Crippen MR) is 236 cm³/mol. The maximum Gasteiger partial charge on any atom is 0.132 e. The van der Waals surface area contributed by atoms with E-state index >= 15 is 0 Å². The standard InChI is InChI=1S/C57H52F2O2/c58-43-7-5-9-45(27-43)60-53-13-3-1-11-49(53)57(50-12-2-4-14-54(50)61-46-10-6-8-44(59)28-46)51-25-41(55-29-35-19-36(30-55)21-37(20-35)31-55)15-17-47(51)48-18-16-42(26-52(48)57)56-32-38-22-39(33-56)24-40(23-38)34-56/h1-18,25-28,35-40H,19-24,29-34H2. The lowest BCUT2D eigenvalue weighted by Crippen LogP contribution is -2.48. The normalized spacial score (nSPS) is 30.6. The summed E-state index contributed by atoms with van der Waals surface area (Å²) in [5.74, 6) is 6.44. The first-order valence-electron chi connectivity index (χ1n) is 23.2. The van der Waals surface area contributed by atoms with E-state index in [0.717, 1.165) is 46.6 Å². The molecule has 8 fully saturated rings. The third kappa shape index (κ3) is 5.62. The molecule has 9 aliphatic carbocycles. The molecule has 0 unspecified atom stereocenters. The molecule has 6 aromatic rings. The Kier molecular flexibility index (Phi) is 8.00. The number of benzene rings is 6. The van der Waals surface area contributed by atoms with Crippen LogP contribution in [-0.2, 0) is 16.2 Å². The largest absolute Gasteiger partial charge is 0.457 e. The van der Waals surface area contributed by atoms with E-state index in [0.29, 0.717) is 23.0 Å². The van der Waals surface area contributed by atoms with Crippen molar-refractivity contribution in [2.24, 2.45) is 35.5 Å². The molecule has 0 radical (unpaired) electrons. The van der Waals surface area contributed by atoms with E-state index in [1.807, 2.05) is 36.4 Å². The lowest BCUT2D eigenvalue weighted by molar-refractivity contribution is -0.00530. The van der Waals surface area contributed by atoms with Crippen molar-refractivity contribution in [3.63, 3.8) is 0 Å². The molecule has 0 saturated heterocycles. The van der Waals surface area contributed by atoms with Crippen molar-refractivity contribution in [2.45, 2.75) is 93.3 Å². The van der Waals surface area contributed by atoms with Gasteiger partial charge in [-0.05, 0) is 193 Å². The van der Waals surface area contributed by atoms with Crippen LogP contribution in [0.1, 0.15) is 110 Å². The van der Waals surface area contributed by atoms with E-state index in [-0.39, 0.29) is 22.5 Å². The van der Waals surface area contributed by atoms with Crippen LogP contribution in [0, 0.1) is 47.1 Å². The van der Waals surface area contributed by atoms with Gasteiger partial charge in [0.2, 0.25) is 0 Å². The zero-order valence-electron chi connectivity index (χ0n) is 34.7. The van der Waals surface area contributed by atoms with E-state index in [9.17, 15) is 8.78 Å². The summed E-state index contributed by atoms with van der Waals surface area (Å²) in [4.78, 5) is 0. The fraction of sp³-hybridized carbons (Fsp3) is 0.368. The second-order valence-electron chi connectivity index (χ2n) is 20.8. The van der Waals surface area contributed by atoms with Crippen molar-refractivity contribution in [3.05, 3.63) is 178 Å². The van der Waals surface area contributed by atoms with Crippen molar-refractivity contribution in [3.8, 4) is 34.1 Å². The average Bonchev–Trinajstić information content (AvgIpc) is 3.53. The van der Waals surface area contributed by atoms with Crippen LogP contribution in [0.2, 0.25) is 0 Å². The first kappa shape index (κ1) is 36.4. The molecular weight excluding hydrogens is 755 g/mol. The fourth-order valence-electron chi connectivity index (χ4n) is 15.7. The molecule has 61 heavy (non-hydrogen) atoms. The van der Waals surface area contributed by atoms with Crippen molar-refractivity contribution < 1.29 is 18.3 Å². The lowest BCUT2D eigenvalue weighted by atomic mass is 9.47. The number of para-hydroxylation sites is 2. The summed E-state index contributed by atoms with van der Waals surface area (Å²) in [5, 5.41) is 0. The van der Waals surface area contributed by atoms with Gasteiger partial charge < -0.3 is 9.47 Å². The van der Waals surface area contributed by atoms with Gasteiger partial charge in [0, 0.05) is 23.3 Å². The minimum atomic E-state index is -0.894. The molecule has 8 saturated carbocycles. The van der Waals surface area contributed by atoms with Gasteiger partial charge in [0.05, 0.1) is 5.41 Å². The van der Waals surface area contributed by atoms with Gasteiger partial charge in [0.1, 0.15) is 34.6 Å². The zero-order valence-corrected chi connectivity index (χ0v) is 34.7. The highest BCUT2D eigenvalue weighted by Gasteiger charge is 2.56. The minimum absolute atomic E-state index is 0.170. The molecule has 0 aliphatic heterocycles. The summed E-state index contributed by atoms with van der Waals surface area (Å²) in [6.45, 7) is 0. The highest BCUT2D eigenvalue weighted by atomic mass is 19.1. The van der Waals surface area contributed by atoms with Gasteiger partial charge in [-0.15, -0.1) is 0 Å². The van der Waals surface area contributed by atoms with Gasteiger partial charge >= 0.3 is 0 Å². The Morgan fingerprint density at radius 2 is 0.754 bits per heavy atom. The molecule has 8 bridgehead atoms. The molecular formula is C57H52F2O2. The number of fused-ring (bicyclic) bond motifs is 3. The molecule has 2 nitrogen and oxygen atoms in total. The highest BCUT2D eigenvalue weighted by molar-refractivity contribution is 5.88. The van der Waals surface area contributed by atoms with E-state index in [4.69, 9.17) is 9.47 Å². The molecule has 0 spiro atoms. The summed E-state index contributed by atoms with van der Waals surface area (Å²) >= 11 is 0. The highest BCUT2D eigenvalue weighted by Crippen LogP contribution is 2.66. The molecule has 0 heterocycles. The topological polar surface area (TPSA) is 18.5 Å². The summed E-state index contributed by atoms with van der Waals surface area (Å²) in [7, 11) is 0. The fourth-order valence-corrected chi connectivity index (χ4v) is 15.7. The summed E-state index contributed by atoms with van der Waals surface area (Å²) in [6.07, 6.45) is 16.0. The van der Waals surface area contributed by atoms with E-state index in [2.05, 4.69) is 60.7 Å². The SMILES string of the molecule is Fc1cccc(Oc2ccccc2C2(c3ccccc3Oc3cccc(F)c3)c3cc(C45CC6CC(CC(C6)C4)C5)ccc3-c3ccc(C45CC6CC(CC(C6)C4)C5)cc32)c1. The third-order valence-electron chi connectivity index (χ3n) is 17.1. The van der Waals surface area contributed by atoms with Crippen LogP contribution in [0.5, 0.6) is 23.0 Å². The van der Waals surface area contributed by atoms with Gasteiger partial charge in [0.25, 0.3) is 0 Å². The Bertz CT molecular complexity index is 2470. The minimum Gasteiger partial charge on any atom is -0.457 e. The van der Waals surface area contributed by atoms with E-state index < -0.39 is 5.41 Å². The number of hydrogen-bond acceptors (Lipinski definition) is 2. The predicted octanol–water partition coefficient (Wildman–Crippen LogP) is 14.8. The smallest absolute Gasteiger partial charge is 0.132 e. The monoisotopic (exact) mass is 806 g/mol. The molecule has 15 rings (SSSR count). The molecule has 0 amide bonds. The van der Waals surface area contributed by atoms with Crippen LogP contribution in [0.15, 0.2) is 133 Å². The third-order valence-corrected chi connectivity index (χ3v) is 17.1. The summed E-state index contributed by atoms with van der Waals surface area (Å²) in [5.41, 5.74) is 9.31. The van der Waals surface area contributed by atoms with Crippen LogP contribution in [0.25, 0.3) is 11.1 Å². The van der Waals surface area contributed by atoms with Crippen LogP contribution < -0.4 is 9.47 Å². The maximum absolute atomic E-state index is 14.9. The van der Waals surface area contributed by atoms with E-state index in [1.54, 1.807) is 12.1 Å². The van der Waals surface area contributed by atoms with Gasteiger partial charge in [-0.2, -0.15) is 0 Å². The van der Waals surface area contributed by atoms with Crippen molar-refractivity contribution >= 4 is 0 Å². The summed E-state index contributed by atoms with van der Waals surface area (Å²) in [6, 6.07) is 44.8. The Morgan fingerprint density at radius 1 is 0.377 bits per heavy atom. The Balaban J connectivity index is 1.10. The Morgan fingerprint density at radius 3 is 1.13 bits per heavy atom. The van der Waals surface area contributed by atoms with Crippen LogP contribution >= 0.6 is 0 Å².